The molecule has 0 saturated heterocycles. The van der Waals surface area contributed by atoms with Gasteiger partial charge >= 0.3 is 0 Å². The smallest absolute Gasteiger partial charge is 0.165 e. The van der Waals surface area contributed by atoms with Gasteiger partial charge in [-0.15, -0.1) is 0 Å². The van der Waals surface area contributed by atoms with Gasteiger partial charge in [0.1, 0.15) is 5.75 Å². The van der Waals surface area contributed by atoms with Gasteiger partial charge in [-0.3, -0.25) is 4.79 Å². The number of benzene rings is 1. The molecule has 0 fully saturated rings. The van der Waals surface area contributed by atoms with Crippen LogP contribution in [0, 0.1) is 5.41 Å². The number of methoxy groups -OCH3 is 1. The Morgan fingerprint density at radius 2 is 2.29 bits per heavy atom. The normalized spacial score (nSPS) is 10.8. The molecule has 1 aromatic carbocycles. The van der Waals surface area contributed by atoms with Gasteiger partial charge in [0.15, 0.2) is 5.78 Å². The second kappa shape index (κ2) is 6.48. The summed E-state index contributed by atoms with van der Waals surface area (Å²) in [6.45, 7) is 1.77. The van der Waals surface area contributed by atoms with E-state index in [4.69, 9.17) is 10.1 Å². The van der Waals surface area contributed by atoms with Crippen LogP contribution in [0.4, 0.5) is 5.69 Å². The Kier molecular flexibility index (Phi) is 4.94. The molecule has 0 spiro atoms. The van der Waals surface area contributed by atoms with Crippen LogP contribution in [-0.2, 0) is 4.79 Å². The molecular formula is C13H16N2O2. The lowest BCUT2D eigenvalue weighted by atomic mass is 10.1. The van der Waals surface area contributed by atoms with Gasteiger partial charge in [0.2, 0.25) is 0 Å². The van der Waals surface area contributed by atoms with Crippen LogP contribution >= 0.6 is 0 Å². The highest BCUT2D eigenvalue weighted by Crippen LogP contribution is 2.16. The number of hydrogen-bond acceptors (Lipinski definition) is 4. The molecule has 0 bridgehead atoms. The molecule has 0 aliphatic heterocycles. The number of hydrogen-bond donors (Lipinski definition) is 2. The highest BCUT2D eigenvalue weighted by atomic mass is 16.5. The monoisotopic (exact) mass is 232 g/mol. The Morgan fingerprint density at radius 1 is 1.53 bits per heavy atom. The fourth-order valence-electron chi connectivity index (χ4n) is 1.28. The van der Waals surface area contributed by atoms with Gasteiger partial charge in [-0.25, -0.2) is 0 Å². The van der Waals surface area contributed by atoms with E-state index >= 15 is 0 Å². The van der Waals surface area contributed by atoms with Gasteiger partial charge in [0.25, 0.3) is 0 Å². The van der Waals surface area contributed by atoms with Gasteiger partial charge < -0.3 is 15.5 Å². The van der Waals surface area contributed by atoms with Crippen LogP contribution in [0.15, 0.2) is 36.0 Å². The largest absolute Gasteiger partial charge is 0.497 e. The minimum atomic E-state index is -0.0598. The van der Waals surface area contributed by atoms with Crippen LogP contribution in [0.25, 0.3) is 0 Å². The molecule has 0 aromatic heterocycles. The van der Waals surface area contributed by atoms with Crippen molar-refractivity contribution in [1.82, 2.24) is 0 Å². The minimum Gasteiger partial charge on any atom is -0.497 e. The first-order chi connectivity index (χ1) is 8.21. The van der Waals surface area contributed by atoms with Crippen molar-refractivity contribution in [1.29, 1.82) is 5.41 Å². The summed E-state index contributed by atoms with van der Waals surface area (Å²) >= 11 is 0. The Morgan fingerprint density at radius 3 is 2.88 bits per heavy atom. The van der Waals surface area contributed by atoms with Gasteiger partial charge in [-0.05, 0) is 12.1 Å². The molecule has 0 aliphatic carbocycles. The summed E-state index contributed by atoms with van der Waals surface area (Å²) in [5.41, 5.74) is 1.17. The standard InChI is InChI=1S/C13H16N2O2/c1-3-13(16)10(8-14)9-15-11-5-4-6-12(7-11)17-2/h4-9,14-15H,3H2,1-2H3/b10-9+,14-8?. The number of ketones is 1. The van der Waals surface area contributed by atoms with Crippen molar-refractivity contribution >= 4 is 17.7 Å². The summed E-state index contributed by atoms with van der Waals surface area (Å²) in [6.07, 6.45) is 2.98. The second-order valence-corrected chi connectivity index (χ2v) is 3.40. The lowest BCUT2D eigenvalue weighted by Crippen LogP contribution is -2.04. The fraction of sp³-hybridized carbons (Fsp3) is 0.231. The molecule has 4 nitrogen and oxygen atoms in total. The first-order valence-corrected chi connectivity index (χ1v) is 5.35. The van der Waals surface area contributed by atoms with Crippen molar-refractivity contribution in [2.45, 2.75) is 13.3 Å². The van der Waals surface area contributed by atoms with Gasteiger partial charge in [0.05, 0.1) is 12.7 Å². The molecular weight excluding hydrogens is 216 g/mol. The second-order valence-electron chi connectivity index (χ2n) is 3.40. The van der Waals surface area contributed by atoms with Gasteiger partial charge in [0, 0.05) is 30.6 Å². The summed E-state index contributed by atoms with van der Waals surface area (Å²) in [6, 6.07) is 7.36. The Bertz CT molecular complexity index is 439. The average molecular weight is 232 g/mol. The lowest BCUT2D eigenvalue weighted by molar-refractivity contribution is -0.114. The number of anilines is 1. The molecule has 90 valence electrons. The lowest BCUT2D eigenvalue weighted by Gasteiger charge is -2.05. The van der Waals surface area contributed by atoms with Gasteiger partial charge in [-0.1, -0.05) is 13.0 Å². The Labute approximate surface area is 101 Å². The Balaban J connectivity index is 2.79. The van der Waals surface area contributed by atoms with Crippen LogP contribution in [0.3, 0.4) is 0 Å². The van der Waals surface area contributed by atoms with Crippen LogP contribution < -0.4 is 10.1 Å². The third-order valence-electron chi connectivity index (χ3n) is 2.26. The predicted molar refractivity (Wildman–Crippen MR) is 68.8 cm³/mol. The van der Waals surface area contributed by atoms with Crippen LogP contribution in [0.5, 0.6) is 5.75 Å². The summed E-state index contributed by atoms with van der Waals surface area (Å²) in [5, 5.41) is 10.1. The molecule has 4 heteroatoms. The molecule has 0 saturated carbocycles. The molecule has 0 unspecified atom stereocenters. The van der Waals surface area contributed by atoms with Gasteiger partial charge in [-0.2, -0.15) is 0 Å². The number of rotatable bonds is 6. The molecule has 17 heavy (non-hydrogen) atoms. The van der Waals surface area contributed by atoms with Crippen molar-refractivity contribution in [2.24, 2.45) is 0 Å². The van der Waals surface area contributed by atoms with E-state index in [1.807, 2.05) is 24.3 Å². The van der Waals surface area contributed by atoms with Crippen molar-refractivity contribution in [3.8, 4) is 5.75 Å². The highest BCUT2D eigenvalue weighted by Gasteiger charge is 2.03. The van der Waals surface area contributed by atoms with Crippen LogP contribution in [-0.4, -0.2) is 19.1 Å². The maximum absolute atomic E-state index is 11.4. The molecule has 1 rings (SSSR count). The SMILES string of the molecule is CCC(=O)/C(C=N)=C/Nc1cccc(OC)c1. The summed E-state index contributed by atoms with van der Waals surface area (Å²) in [7, 11) is 1.60. The number of nitrogens with one attached hydrogen (secondary N) is 2. The predicted octanol–water partition coefficient (Wildman–Crippen LogP) is 2.62. The van der Waals surface area contributed by atoms with E-state index in [1.54, 1.807) is 14.0 Å². The van der Waals surface area contributed by atoms with E-state index in [0.717, 1.165) is 17.7 Å². The number of carbonyl (C=O) groups is 1. The summed E-state index contributed by atoms with van der Waals surface area (Å²) in [5.74, 6) is 0.678. The quantitative estimate of drug-likeness (QED) is 0.585. The first-order valence-electron chi connectivity index (χ1n) is 5.35. The third kappa shape index (κ3) is 3.75. The maximum Gasteiger partial charge on any atom is 0.165 e. The van der Waals surface area contributed by atoms with Crippen molar-refractivity contribution < 1.29 is 9.53 Å². The van der Waals surface area contributed by atoms with E-state index in [0.29, 0.717) is 12.0 Å². The third-order valence-corrected chi connectivity index (χ3v) is 2.26. The first kappa shape index (κ1) is 13.0. The molecule has 0 heterocycles. The molecule has 2 N–H and O–H groups in total. The van der Waals surface area contributed by atoms with E-state index in [9.17, 15) is 4.79 Å². The topological polar surface area (TPSA) is 62.2 Å². The number of allylic oxidation sites excluding steroid dienone is 1. The van der Waals surface area contributed by atoms with E-state index in [2.05, 4.69) is 5.32 Å². The average Bonchev–Trinajstić information content (AvgIpc) is 2.39. The van der Waals surface area contributed by atoms with Crippen LogP contribution in [0.2, 0.25) is 0 Å². The fourth-order valence-corrected chi connectivity index (χ4v) is 1.28. The Hall–Kier alpha value is -2.10. The van der Waals surface area contributed by atoms with E-state index in [-0.39, 0.29) is 5.78 Å². The van der Waals surface area contributed by atoms with Crippen molar-refractivity contribution in [3.05, 3.63) is 36.0 Å². The zero-order valence-electron chi connectivity index (χ0n) is 9.99. The highest BCUT2D eigenvalue weighted by molar-refractivity contribution is 6.12. The molecule has 0 amide bonds. The minimum absolute atomic E-state index is 0.0598. The van der Waals surface area contributed by atoms with E-state index in [1.165, 1.54) is 6.20 Å². The van der Waals surface area contributed by atoms with Crippen LogP contribution in [0.1, 0.15) is 13.3 Å². The van der Waals surface area contributed by atoms with E-state index < -0.39 is 0 Å². The number of ether oxygens (including phenoxy) is 1. The molecule has 1 aromatic rings. The zero-order chi connectivity index (χ0) is 12.7. The molecule has 0 atom stereocenters. The van der Waals surface area contributed by atoms with Crippen molar-refractivity contribution in [3.63, 3.8) is 0 Å². The van der Waals surface area contributed by atoms with Crippen molar-refractivity contribution in [2.75, 3.05) is 12.4 Å². The number of carbonyl (C=O) groups excluding carboxylic acids is 1. The zero-order valence-corrected chi connectivity index (χ0v) is 9.99. The maximum atomic E-state index is 11.4. The summed E-state index contributed by atoms with van der Waals surface area (Å²) in [4.78, 5) is 11.4. The number of Topliss-reactive ketones (excluding diaryl/α,β-unsaturated/α-hetero) is 1. The molecule has 0 aliphatic rings. The summed E-state index contributed by atoms with van der Waals surface area (Å²) < 4.78 is 5.08. The molecule has 0 radical (unpaired) electrons.